The number of imide groups is 1. The molecule has 1 aliphatic rings. The second kappa shape index (κ2) is 10.4. The Labute approximate surface area is 193 Å². The summed E-state index contributed by atoms with van der Waals surface area (Å²) in [6.07, 6.45) is 6.91. The van der Waals surface area contributed by atoms with Gasteiger partial charge in [-0.2, -0.15) is 0 Å². The fourth-order valence-electron chi connectivity index (χ4n) is 2.84. The molecular formula is C23H20BrNO5S. The van der Waals surface area contributed by atoms with Crippen molar-refractivity contribution in [1.29, 1.82) is 0 Å². The van der Waals surface area contributed by atoms with Crippen LogP contribution in [0.3, 0.4) is 0 Å². The summed E-state index contributed by atoms with van der Waals surface area (Å²) in [6, 6.07) is 11.1. The molecule has 0 saturated carbocycles. The lowest BCUT2D eigenvalue weighted by atomic mass is 10.1. The molecule has 8 heteroatoms. The summed E-state index contributed by atoms with van der Waals surface area (Å²) in [5.41, 5.74) is 1.70. The number of rotatable bonds is 8. The van der Waals surface area contributed by atoms with Gasteiger partial charge >= 0.3 is 0 Å². The number of ether oxygens (including phenoxy) is 3. The summed E-state index contributed by atoms with van der Waals surface area (Å²) in [5.74, 6) is 3.57. The van der Waals surface area contributed by atoms with E-state index in [2.05, 4.69) is 21.9 Å². The lowest BCUT2D eigenvalue weighted by Crippen LogP contribution is -2.32. The minimum absolute atomic E-state index is 0.0384. The van der Waals surface area contributed by atoms with Crippen LogP contribution in [0.25, 0.3) is 6.08 Å². The molecule has 2 amide bonds. The zero-order chi connectivity index (χ0) is 22.4. The summed E-state index contributed by atoms with van der Waals surface area (Å²) in [6.45, 7) is 2.38. The first-order chi connectivity index (χ1) is 14.9. The highest BCUT2D eigenvalue weighted by Crippen LogP contribution is 2.39. The summed E-state index contributed by atoms with van der Waals surface area (Å²) in [4.78, 5) is 26.7. The maximum atomic E-state index is 12.8. The van der Waals surface area contributed by atoms with Gasteiger partial charge in [-0.15, -0.1) is 6.42 Å². The highest BCUT2D eigenvalue weighted by Gasteiger charge is 2.35. The molecule has 2 aromatic rings. The van der Waals surface area contributed by atoms with Crippen molar-refractivity contribution in [3.05, 3.63) is 56.9 Å². The van der Waals surface area contributed by atoms with Gasteiger partial charge in [-0.05, 0) is 49.0 Å². The van der Waals surface area contributed by atoms with Gasteiger partial charge < -0.3 is 14.2 Å². The predicted octanol–water partition coefficient (Wildman–Crippen LogP) is 4.89. The SMILES string of the molecule is C#CCOc1c(/C=C2\SC(=O)N(CCOc3ccc(C)cc3)C2=O)cc(Br)cc1OC. The van der Waals surface area contributed by atoms with E-state index >= 15 is 0 Å². The third-order valence-electron chi connectivity index (χ3n) is 4.33. The average molecular weight is 502 g/mol. The highest BCUT2D eigenvalue weighted by atomic mass is 79.9. The van der Waals surface area contributed by atoms with E-state index in [0.717, 1.165) is 21.8 Å². The van der Waals surface area contributed by atoms with Crippen LogP contribution in [0.15, 0.2) is 45.8 Å². The Morgan fingerprint density at radius 3 is 2.61 bits per heavy atom. The first-order valence-electron chi connectivity index (χ1n) is 9.31. The molecule has 0 aromatic heterocycles. The summed E-state index contributed by atoms with van der Waals surface area (Å²) < 4.78 is 17.4. The number of hydrogen-bond acceptors (Lipinski definition) is 6. The van der Waals surface area contributed by atoms with Crippen molar-refractivity contribution in [2.45, 2.75) is 6.92 Å². The Hall–Kier alpha value is -2.89. The van der Waals surface area contributed by atoms with E-state index in [1.54, 1.807) is 18.2 Å². The van der Waals surface area contributed by atoms with E-state index in [0.29, 0.717) is 22.8 Å². The Morgan fingerprint density at radius 2 is 1.94 bits per heavy atom. The van der Waals surface area contributed by atoms with Crippen molar-refractivity contribution >= 4 is 44.9 Å². The molecule has 31 heavy (non-hydrogen) atoms. The molecule has 6 nitrogen and oxygen atoms in total. The largest absolute Gasteiger partial charge is 0.493 e. The Bertz CT molecular complexity index is 1060. The minimum atomic E-state index is -0.385. The van der Waals surface area contributed by atoms with Crippen LogP contribution >= 0.6 is 27.7 Å². The molecule has 1 aliphatic heterocycles. The Kier molecular flexibility index (Phi) is 7.66. The molecule has 1 saturated heterocycles. The number of methoxy groups -OCH3 is 1. The van der Waals surface area contributed by atoms with Gasteiger partial charge in [0, 0.05) is 10.0 Å². The maximum absolute atomic E-state index is 12.8. The molecule has 0 aliphatic carbocycles. The van der Waals surface area contributed by atoms with Gasteiger partial charge in [0.2, 0.25) is 0 Å². The molecule has 0 atom stereocenters. The van der Waals surface area contributed by atoms with Crippen LogP contribution in [0.4, 0.5) is 4.79 Å². The van der Waals surface area contributed by atoms with Gasteiger partial charge in [0.25, 0.3) is 11.1 Å². The van der Waals surface area contributed by atoms with Crippen LogP contribution in [-0.2, 0) is 4.79 Å². The maximum Gasteiger partial charge on any atom is 0.293 e. The zero-order valence-corrected chi connectivity index (χ0v) is 19.4. The van der Waals surface area contributed by atoms with Gasteiger partial charge in [-0.3, -0.25) is 14.5 Å². The lowest BCUT2D eigenvalue weighted by Gasteiger charge is -2.14. The fraction of sp³-hybridized carbons (Fsp3) is 0.217. The molecule has 3 rings (SSSR count). The summed E-state index contributed by atoms with van der Waals surface area (Å²) in [5, 5.41) is -0.350. The normalized spacial score (nSPS) is 14.6. The van der Waals surface area contributed by atoms with Crippen LogP contribution < -0.4 is 14.2 Å². The van der Waals surface area contributed by atoms with Crippen LogP contribution in [-0.4, -0.2) is 42.9 Å². The van der Waals surface area contributed by atoms with Crippen molar-refractivity contribution in [3.63, 3.8) is 0 Å². The molecule has 0 N–H and O–H groups in total. The van der Waals surface area contributed by atoms with E-state index < -0.39 is 0 Å². The van der Waals surface area contributed by atoms with Gasteiger partial charge in [-0.1, -0.05) is 39.5 Å². The summed E-state index contributed by atoms with van der Waals surface area (Å²) in [7, 11) is 1.51. The van der Waals surface area contributed by atoms with Crippen molar-refractivity contribution in [3.8, 4) is 29.6 Å². The molecule has 0 radical (unpaired) electrons. The molecule has 1 fully saturated rings. The van der Waals surface area contributed by atoms with Crippen molar-refractivity contribution < 1.29 is 23.8 Å². The van der Waals surface area contributed by atoms with Crippen LogP contribution in [0.1, 0.15) is 11.1 Å². The molecule has 160 valence electrons. The number of halogens is 1. The van der Waals surface area contributed by atoms with Crippen LogP contribution in [0.5, 0.6) is 17.2 Å². The number of nitrogens with zero attached hydrogens (tertiary/aromatic N) is 1. The number of thioether (sulfide) groups is 1. The molecule has 0 spiro atoms. The quantitative estimate of drug-likeness (QED) is 0.378. The third kappa shape index (κ3) is 5.63. The Morgan fingerprint density at radius 1 is 1.19 bits per heavy atom. The van der Waals surface area contributed by atoms with E-state index in [9.17, 15) is 9.59 Å². The van der Waals surface area contributed by atoms with Crippen LogP contribution in [0, 0.1) is 19.3 Å². The second-order valence-corrected chi connectivity index (χ2v) is 8.42. The topological polar surface area (TPSA) is 65.1 Å². The highest BCUT2D eigenvalue weighted by molar-refractivity contribution is 9.10. The molecule has 0 bridgehead atoms. The third-order valence-corrected chi connectivity index (χ3v) is 5.70. The zero-order valence-electron chi connectivity index (χ0n) is 17.0. The number of carbonyl (C=O) groups excluding carboxylic acids is 2. The predicted molar refractivity (Wildman–Crippen MR) is 124 cm³/mol. The summed E-state index contributed by atoms with van der Waals surface area (Å²) >= 11 is 4.28. The molecular weight excluding hydrogens is 482 g/mol. The van der Waals surface area contributed by atoms with Crippen molar-refractivity contribution in [2.24, 2.45) is 0 Å². The molecule has 2 aromatic carbocycles. The fourth-order valence-corrected chi connectivity index (χ4v) is 4.15. The smallest absolute Gasteiger partial charge is 0.293 e. The number of carbonyl (C=O) groups is 2. The van der Waals surface area contributed by atoms with Crippen LogP contribution in [0.2, 0.25) is 0 Å². The van der Waals surface area contributed by atoms with Gasteiger partial charge in [-0.25, -0.2) is 0 Å². The van der Waals surface area contributed by atoms with Gasteiger partial charge in [0.05, 0.1) is 18.6 Å². The first-order valence-corrected chi connectivity index (χ1v) is 10.9. The van der Waals surface area contributed by atoms with Gasteiger partial charge in [0.1, 0.15) is 19.0 Å². The standard InChI is InChI=1S/C23H20BrNO5S/c1-4-10-30-21-16(12-17(24)14-19(21)28-3)13-20-22(26)25(23(27)31-20)9-11-29-18-7-5-15(2)6-8-18/h1,5-8,12-14H,9-11H2,2-3H3/b20-13-. The Balaban J connectivity index is 1.76. The number of benzene rings is 2. The van der Waals surface area contributed by atoms with E-state index in [4.69, 9.17) is 20.6 Å². The molecule has 0 unspecified atom stereocenters. The number of amides is 2. The van der Waals surface area contributed by atoms with E-state index in [-0.39, 0.29) is 35.8 Å². The lowest BCUT2D eigenvalue weighted by molar-refractivity contribution is -0.123. The first kappa shape index (κ1) is 22.8. The monoisotopic (exact) mass is 501 g/mol. The second-order valence-electron chi connectivity index (χ2n) is 6.51. The van der Waals surface area contributed by atoms with Crippen molar-refractivity contribution in [2.75, 3.05) is 26.9 Å². The van der Waals surface area contributed by atoms with E-state index in [1.807, 2.05) is 31.2 Å². The average Bonchev–Trinajstić information content (AvgIpc) is 3.01. The minimum Gasteiger partial charge on any atom is -0.493 e. The number of aryl methyl sites for hydroxylation is 1. The van der Waals surface area contributed by atoms with E-state index in [1.165, 1.54) is 12.0 Å². The van der Waals surface area contributed by atoms with Crippen molar-refractivity contribution in [1.82, 2.24) is 4.90 Å². The van der Waals surface area contributed by atoms with Gasteiger partial charge in [0.15, 0.2) is 11.5 Å². The molecule has 1 heterocycles. The number of hydrogen-bond donors (Lipinski definition) is 0. The number of terminal acetylenes is 1.